The minimum absolute atomic E-state index is 0.336. The summed E-state index contributed by atoms with van der Waals surface area (Å²) in [6.45, 7) is 3.76. The van der Waals surface area contributed by atoms with Crippen LogP contribution in [-0.4, -0.2) is 10.1 Å². The van der Waals surface area contributed by atoms with Crippen LogP contribution < -0.4 is 0 Å². The number of aromatic hydroxyl groups is 1. The molecule has 0 saturated carbocycles. The van der Waals surface area contributed by atoms with Gasteiger partial charge in [0.25, 0.3) is 0 Å². The largest absolute Gasteiger partial charge is 0.507 e. The van der Waals surface area contributed by atoms with Gasteiger partial charge in [0.1, 0.15) is 10.8 Å². The number of nitrogens with zero attached hydrogens (tertiary/aromatic N) is 1. The predicted molar refractivity (Wildman–Crippen MR) is 90.9 cm³/mol. The number of rotatable bonds is 2. The molecule has 106 valence electrons. The molecule has 4 heteroatoms. The molecule has 3 aromatic rings. The summed E-state index contributed by atoms with van der Waals surface area (Å²) < 4.78 is 1.12. The molecule has 0 aliphatic rings. The van der Waals surface area contributed by atoms with Gasteiger partial charge < -0.3 is 5.11 Å². The summed E-state index contributed by atoms with van der Waals surface area (Å²) in [6, 6.07) is 11.8. The third-order valence-electron chi connectivity index (χ3n) is 3.30. The maximum Gasteiger partial charge on any atom is 0.136 e. The van der Waals surface area contributed by atoms with Crippen LogP contribution >= 0.6 is 22.9 Å². The first-order valence-electron chi connectivity index (χ1n) is 6.58. The molecule has 0 amide bonds. The summed E-state index contributed by atoms with van der Waals surface area (Å²) in [5.41, 5.74) is 3.61. The summed E-state index contributed by atoms with van der Waals surface area (Å²) in [7, 11) is 0. The second kappa shape index (κ2) is 5.51. The van der Waals surface area contributed by atoms with E-state index in [1.54, 1.807) is 11.3 Å². The number of aryl methyl sites for hydroxylation is 2. The predicted octanol–water partition coefficient (Wildman–Crippen LogP) is 5.36. The highest BCUT2D eigenvalue weighted by molar-refractivity contribution is 7.20. The first-order valence-corrected chi connectivity index (χ1v) is 7.77. The fourth-order valence-corrected chi connectivity index (χ4v) is 3.41. The Morgan fingerprint density at radius 3 is 2.52 bits per heavy atom. The van der Waals surface area contributed by atoms with E-state index in [0.717, 1.165) is 31.9 Å². The first-order chi connectivity index (χ1) is 10.0. The van der Waals surface area contributed by atoms with Crippen LogP contribution in [0.3, 0.4) is 0 Å². The standard InChI is InChI=1S/C17H14ClNOS/c1-10-7-12(8-11(2)16(10)20)9-13(18)17-19-14-5-3-4-6-15(14)21-17/h3-9,20H,1-2H3/b13-9-. The number of halogens is 1. The summed E-state index contributed by atoms with van der Waals surface area (Å²) in [6.07, 6.45) is 1.89. The molecular formula is C17H14ClNOS. The molecule has 21 heavy (non-hydrogen) atoms. The summed E-state index contributed by atoms with van der Waals surface area (Å²) in [5.74, 6) is 0.336. The van der Waals surface area contributed by atoms with Crippen molar-refractivity contribution in [1.29, 1.82) is 0 Å². The Morgan fingerprint density at radius 1 is 1.19 bits per heavy atom. The van der Waals surface area contributed by atoms with Gasteiger partial charge in [0.2, 0.25) is 0 Å². The Morgan fingerprint density at radius 2 is 1.86 bits per heavy atom. The highest BCUT2D eigenvalue weighted by Crippen LogP contribution is 2.31. The van der Waals surface area contributed by atoms with Gasteiger partial charge in [-0.25, -0.2) is 4.98 Å². The Balaban J connectivity index is 2.02. The molecule has 0 fully saturated rings. The van der Waals surface area contributed by atoms with Gasteiger partial charge in [0.05, 0.1) is 15.2 Å². The van der Waals surface area contributed by atoms with Gasteiger partial charge in [-0.2, -0.15) is 0 Å². The highest BCUT2D eigenvalue weighted by atomic mass is 35.5. The SMILES string of the molecule is Cc1cc(/C=C(\Cl)c2nc3ccccc3s2)cc(C)c1O. The molecule has 0 saturated heterocycles. The molecule has 1 aromatic heterocycles. The van der Waals surface area contributed by atoms with Gasteiger partial charge in [-0.15, -0.1) is 11.3 Å². The second-order valence-corrected chi connectivity index (χ2v) is 6.42. The molecule has 0 atom stereocenters. The van der Waals surface area contributed by atoms with Crippen LogP contribution in [-0.2, 0) is 0 Å². The van der Waals surface area contributed by atoms with E-state index in [1.807, 2.05) is 56.3 Å². The maximum absolute atomic E-state index is 9.81. The molecule has 0 aliphatic heterocycles. The van der Waals surface area contributed by atoms with Crippen LogP contribution in [0.5, 0.6) is 5.75 Å². The van der Waals surface area contributed by atoms with E-state index in [4.69, 9.17) is 11.6 Å². The minimum Gasteiger partial charge on any atom is -0.507 e. The molecule has 0 spiro atoms. The van der Waals surface area contributed by atoms with Gasteiger partial charge in [0.15, 0.2) is 0 Å². The molecule has 2 aromatic carbocycles. The Labute approximate surface area is 132 Å². The first kappa shape index (κ1) is 14.1. The van der Waals surface area contributed by atoms with Gasteiger partial charge >= 0.3 is 0 Å². The maximum atomic E-state index is 9.81. The number of fused-ring (bicyclic) bond motifs is 1. The van der Waals surface area contributed by atoms with Crippen molar-refractivity contribution in [2.75, 3.05) is 0 Å². The highest BCUT2D eigenvalue weighted by Gasteiger charge is 2.08. The van der Waals surface area contributed by atoms with E-state index in [0.29, 0.717) is 10.8 Å². The third kappa shape index (κ3) is 2.80. The summed E-state index contributed by atoms with van der Waals surface area (Å²) >= 11 is 7.98. The van der Waals surface area contributed by atoms with Crippen molar-refractivity contribution in [2.24, 2.45) is 0 Å². The van der Waals surface area contributed by atoms with Gasteiger partial charge in [-0.05, 0) is 60.9 Å². The third-order valence-corrected chi connectivity index (χ3v) is 4.77. The zero-order chi connectivity index (χ0) is 15.0. The Kier molecular flexibility index (Phi) is 3.70. The number of thiazole rings is 1. The average Bonchev–Trinajstić information content (AvgIpc) is 2.88. The number of para-hydroxylation sites is 1. The lowest BCUT2D eigenvalue weighted by atomic mass is 10.1. The molecule has 2 nitrogen and oxygen atoms in total. The van der Waals surface area contributed by atoms with E-state index < -0.39 is 0 Å². The van der Waals surface area contributed by atoms with Crippen molar-refractivity contribution in [1.82, 2.24) is 4.98 Å². The number of phenolic OH excluding ortho intramolecular Hbond substituents is 1. The number of benzene rings is 2. The van der Waals surface area contributed by atoms with Crippen molar-refractivity contribution in [2.45, 2.75) is 13.8 Å². The van der Waals surface area contributed by atoms with Gasteiger partial charge in [-0.1, -0.05) is 23.7 Å². The van der Waals surface area contributed by atoms with Crippen molar-refractivity contribution in [3.05, 3.63) is 58.1 Å². The van der Waals surface area contributed by atoms with Crippen molar-refractivity contribution in [3.63, 3.8) is 0 Å². The number of hydrogen-bond donors (Lipinski definition) is 1. The normalized spacial score (nSPS) is 12.0. The molecule has 1 N–H and O–H groups in total. The van der Waals surface area contributed by atoms with Crippen LogP contribution in [0.25, 0.3) is 21.3 Å². The average molecular weight is 316 g/mol. The fourth-order valence-electron chi connectivity index (χ4n) is 2.26. The molecule has 0 aliphatic carbocycles. The topological polar surface area (TPSA) is 33.1 Å². The second-order valence-electron chi connectivity index (χ2n) is 4.98. The zero-order valence-corrected chi connectivity index (χ0v) is 13.3. The molecule has 1 heterocycles. The van der Waals surface area contributed by atoms with Gasteiger partial charge in [0, 0.05) is 0 Å². The Bertz CT molecular complexity index is 795. The minimum atomic E-state index is 0.336. The van der Waals surface area contributed by atoms with E-state index in [-0.39, 0.29) is 0 Å². The summed E-state index contributed by atoms with van der Waals surface area (Å²) in [4.78, 5) is 4.54. The van der Waals surface area contributed by atoms with E-state index >= 15 is 0 Å². The lowest BCUT2D eigenvalue weighted by molar-refractivity contribution is 0.467. The quantitative estimate of drug-likeness (QED) is 0.691. The van der Waals surface area contributed by atoms with Crippen molar-refractivity contribution in [3.8, 4) is 5.75 Å². The molecule has 0 unspecified atom stereocenters. The van der Waals surface area contributed by atoms with Crippen LogP contribution in [0.2, 0.25) is 0 Å². The number of hydrogen-bond acceptors (Lipinski definition) is 3. The molecular weight excluding hydrogens is 302 g/mol. The fraction of sp³-hybridized carbons (Fsp3) is 0.118. The van der Waals surface area contributed by atoms with Crippen LogP contribution in [0, 0.1) is 13.8 Å². The van der Waals surface area contributed by atoms with Crippen LogP contribution in [0.15, 0.2) is 36.4 Å². The van der Waals surface area contributed by atoms with Crippen LogP contribution in [0.4, 0.5) is 0 Å². The lowest BCUT2D eigenvalue weighted by Gasteiger charge is -2.05. The van der Waals surface area contributed by atoms with Gasteiger partial charge in [-0.3, -0.25) is 0 Å². The summed E-state index contributed by atoms with van der Waals surface area (Å²) in [5, 5.41) is 11.2. The van der Waals surface area contributed by atoms with E-state index in [2.05, 4.69) is 4.98 Å². The smallest absolute Gasteiger partial charge is 0.136 e. The number of aromatic nitrogens is 1. The van der Waals surface area contributed by atoms with E-state index in [1.165, 1.54) is 0 Å². The zero-order valence-electron chi connectivity index (χ0n) is 11.7. The monoisotopic (exact) mass is 315 g/mol. The molecule has 3 rings (SSSR count). The van der Waals surface area contributed by atoms with Crippen molar-refractivity contribution >= 4 is 44.3 Å². The van der Waals surface area contributed by atoms with E-state index in [9.17, 15) is 5.11 Å². The van der Waals surface area contributed by atoms with Crippen molar-refractivity contribution < 1.29 is 5.11 Å². The molecule has 0 bridgehead atoms. The van der Waals surface area contributed by atoms with Crippen LogP contribution in [0.1, 0.15) is 21.7 Å². The number of phenols is 1. The Hall–Kier alpha value is -1.84. The molecule has 0 radical (unpaired) electrons. The lowest BCUT2D eigenvalue weighted by Crippen LogP contribution is -1.84.